The molecule has 2 rings (SSSR count). The van der Waals surface area contributed by atoms with Crippen molar-refractivity contribution < 1.29 is 9.59 Å². The summed E-state index contributed by atoms with van der Waals surface area (Å²) in [7, 11) is 0. The van der Waals surface area contributed by atoms with Crippen molar-refractivity contribution in [1.82, 2.24) is 5.32 Å². The molecule has 0 fully saturated rings. The summed E-state index contributed by atoms with van der Waals surface area (Å²) in [5.41, 5.74) is 2.28. The number of carbonyl (C=O) groups excluding carboxylic acids is 2. The molecule has 2 aromatic rings. The first-order valence-corrected chi connectivity index (χ1v) is 8.83. The fourth-order valence-electron chi connectivity index (χ4n) is 2.30. The summed E-state index contributed by atoms with van der Waals surface area (Å²) < 4.78 is 0.586. The van der Waals surface area contributed by atoms with Crippen molar-refractivity contribution in [2.45, 2.75) is 39.2 Å². The van der Waals surface area contributed by atoms with E-state index in [1.54, 1.807) is 12.1 Å². The third-order valence-corrected chi connectivity index (χ3v) is 4.92. The van der Waals surface area contributed by atoms with Gasteiger partial charge in [-0.3, -0.25) is 9.59 Å². The van der Waals surface area contributed by atoms with E-state index in [1.807, 2.05) is 38.1 Å². The van der Waals surface area contributed by atoms with E-state index in [2.05, 4.69) is 5.32 Å². The minimum atomic E-state index is -0.103. The predicted octanol–water partition coefficient (Wildman–Crippen LogP) is 4.94. The molecule has 1 N–H and O–H groups in total. The standard InChI is InChI=1S/C18H20ClNO2S/c1-3-14(13-6-4-12(2)5-7-13)20-18(22)11-8-15(21)16-9-10-17(19)23-16/h4-7,9-10,14H,3,8,11H2,1-2H3,(H,20,22). The van der Waals surface area contributed by atoms with Crippen LogP contribution in [0.1, 0.15) is 53.0 Å². The first-order valence-electron chi connectivity index (χ1n) is 7.64. The van der Waals surface area contributed by atoms with Gasteiger partial charge in [-0.25, -0.2) is 0 Å². The summed E-state index contributed by atoms with van der Waals surface area (Å²) in [4.78, 5) is 24.7. The maximum absolute atomic E-state index is 12.1. The Kier molecular flexibility index (Phi) is 6.37. The van der Waals surface area contributed by atoms with E-state index in [-0.39, 0.29) is 30.6 Å². The average molecular weight is 350 g/mol. The van der Waals surface area contributed by atoms with Crippen LogP contribution in [0.25, 0.3) is 0 Å². The summed E-state index contributed by atoms with van der Waals surface area (Å²) in [6.45, 7) is 4.06. The topological polar surface area (TPSA) is 46.2 Å². The molecule has 5 heteroatoms. The Morgan fingerprint density at radius 3 is 2.39 bits per heavy atom. The fraction of sp³-hybridized carbons (Fsp3) is 0.333. The smallest absolute Gasteiger partial charge is 0.220 e. The molecule has 0 spiro atoms. The lowest BCUT2D eigenvalue weighted by molar-refractivity contribution is -0.121. The van der Waals surface area contributed by atoms with Gasteiger partial charge in [-0.15, -0.1) is 11.3 Å². The molecule has 1 aromatic heterocycles. The van der Waals surface area contributed by atoms with Crippen LogP contribution in [0.5, 0.6) is 0 Å². The van der Waals surface area contributed by atoms with Gasteiger partial charge in [0.1, 0.15) is 0 Å². The predicted molar refractivity (Wildman–Crippen MR) is 95.2 cm³/mol. The quantitative estimate of drug-likeness (QED) is 0.719. The van der Waals surface area contributed by atoms with Gasteiger partial charge >= 0.3 is 0 Å². The molecule has 0 saturated heterocycles. The number of amides is 1. The Morgan fingerprint density at radius 2 is 1.83 bits per heavy atom. The summed E-state index contributed by atoms with van der Waals surface area (Å²) in [6.07, 6.45) is 1.20. The zero-order valence-corrected chi connectivity index (χ0v) is 14.8. The molecular formula is C18H20ClNO2S. The van der Waals surface area contributed by atoms with E-state index in [4.69, 9.17) is 11.6 Å². The lowest BCUT2D eigenvalue weighted by Gasteiger charge is -2.17. The molecule has 1 unspecified atom stereocenters. The molecule has 0 radical (unpaired) electrons. The van der Waals surface area contributed by atoms with Crippen molar-refractivity contribution in [3.63, 3.8) is 0 Å². The van der Waals surface area contributed by atoms with Crippen LogP contribution in [0.3, 0.4) is 0 Å². The molecule has 122 valence electrons. The van der Waals surface area contributed by atoms with Crippen molar-refractivity contribution in [2.24, 2.45) is 0 Å². The van der Waals surface area contributed by atoms with Gasteiger partial charge in [0.15, 0.2) is 5.78 Å². The van der Waals surface area contributed by atoms with Crippen LogP contribution in [0.2, 0.25) is 4.34 Å². The number of hydrogen-bond acceptors (Lipinski definition) is 3. The third kappa shape index (κ3) is 5.19. The van der Waals surface area contributed by atoms with Crippen molar-refractivity contribution in [2.75, 3.05) is 0 Å². The molecule has 1 heterocycles. The van der Waals surface area contributed by atoms with Crippen molar-refractivity contribution in [3.8, 4) is 0 Å². The molecule has 0 aliphatic carbocycles. The van der Waals surface area contributed by atoms with Gasteiger partial charge in [0.2, 0.25) is 5.91 Å². The normalized spacial score (nSPS) is 12.0. The molecule has 0 aliphatic heterocycles. The van der Waals surface area contributed by atoms with Crippen molar-refractivity contribution in [3.05, 3.63) is 56.7 Å². The van der Waals surface area contributed by atoms with Gasteiger partial charge in [-0.1, -0.05) is 48.4 Å². The van der Waals surface area contributed by atoms with Gasteiger partial charge in [-0.2, -0.15) is 0 Å². The number of halogens is 1. The number of rotatable bonds is 7. The van der Waals surface area contributed by atoms with E-state index in [9.17, 15) is 9.59 Å². The first-order chi connectivity index (χ1) is 11.0. The number of benzene rings is 1. The number of Topliss-reactive ketones (excluding diaryl/α,β-unsaturated/α-hetero) is 1. The van der Waals surface area contributed by atoms with E-state index in [1.165, 1.54) is 16.9 Å². The molecule has 1 atom stereocenters. The van der Waals surface area contributed by atoms with Crippen LogP contribution in [-0.4, -0.2) is 11.7 Å². The van der Waals surface area contributed by atoms with Crippen LogP contribution in [0.15, 0.2) is 36.4 Å². The molecular weight excluding hydrogens is 330 g/mol. The van der Waals surface area contributed by atoms with Gasteiger partial charge in [-0.05, 0) is 31.0 Å². The van der Waals surface area contributed by atoms with E-state index < -0.39 is 0 Å². The van der Waals surface area contributed by atoms with E-state index >= 15 is 0 Å². The number of nitrogens with one attached hydrogen (secondary N) is 1. The highest BCUT2D eigenvalue weighted by atomic mass is 35.5. The Bertz CT molecular complexity index is 679. The van der Waals surface area contributed by atoms with Gasteiger partial charge in [0.25, 0.3) is 0 Å². The second-order valence-corrected chi connectivity index (χ2v) is 7.18. The number of hydrogen-bond donors (Lipinski definition) is 1. The van der Waals surface area contributed by atoms with Gasteiger partial charge in [0, 0.05) is 12.8 Å². The highest BCUT2D eigenvalue weighted by Crippen LogP contribution is 2.23. The zero-order valence-electron chi connectivity index (χ0n) is 13.3. The summed E-state index contributed by atoms with van der Waals surface area (Å²) in [6, 6.07) is 11.5. The summed E-state index contributed by atoms with van der Waals surface area (Å²) >= 11 is 7.07. The van der Waals surface area contributed by atoms with Crippen LogP contribution >= 0.6 is 22.9 Å². The Labute approximate surface area is 145 Å². The van der Waals surface area contributed by atoms with Crippen LogP contribution in [0, 0.1) is 6.92 Å². The van der Waals surface area contributed by atoms with Gasteiger partial charge < -0.3 is 5.32 Å². The molecule has 0 bridgehead atoms. The second kappa shape index (κ2) is 8.27. The lowest BCUT2D eigenvalue weighted by atomic mass is 10.0. The third-order valence-electron chi connectivity index (χ3n) is 3.65. The Morgan fingerprint density at radius 1 is 1.13 bits per heavy atom. The van der Waals surface area contributed by atoms with Crippen LogP contribution < -0.4 is 5.32 Å². The number of carbonyl (C=O) groups is 2. The monoisotopic (exact) mass is 349 g/mol. The summed E-state index contributed by atoms with van der Waals surface area (Å²) in [5, 5.41) is 3.00. The van der Waals surface area contributed by atoms with E-state index in [0.29, 0.717) is 9.21 Å². The SMILES string of the molecule is CCC(NC(=O)CCC(=O)c1ccc(Cl)s1)c1ccc(C)cc1. The highest BCUT2D eigenvalue weighted by molar-refractivity contribution is 7.18. The fourth-order valence-corrected chi connectivity index (χ4v) is 3.31. The first kappa shape index (κ1) is 17.7. The summed E-state index contributed by atoms with van der Waals surface area (Å²) in [5.74, 6) is -0.145. The maximum Gasteiger partial charge on any atom is 0.220 e. The van der Waals surface area contributed by atoms with Crippen molar-refractivity contribution >= 4 is 34.6 Å². The van der Waals surface area contributed by atoms with Crippen LogP contribution in [0.4, 0.5) is 0 Å². The zero-order chi connectivity index (χ0) is 16.8. The van der Waals surface area contributed by atoms with Crippen molar-refractivity contribution in [1.29, 1.82) is 0 Å². The highest BCUT2D eigenvalue weighted by Gasteiger charge is 2.15. The van der Waals surface area contributed by atoms with Gasteiger partial charge in [0.05, 0.1) is 15.3 Å². The Hall–Kier alpha value is -1.65. The van der Waals surface area contributed by atoms with Crippen LogP contribution in [-0.2, 0) is 4.79 Å². The maximum atomic E-state index is 12.1. The molecule has 0 saturated carbocycles. The average Bonchev–Trinajstić information content (AvgIpc) is 2.98. The number of ketones is 1. The molecule has 0 aliphatic rings. The molecule has 1 amide bonds. The lowest BCUT2D eigenvalue weighted by Crippen LogP contribution is -2.28. The largest absolute Gasteiger partial charge is 0.349 e. The molecule has 23 heavy (non-hydrogen) atoms. The number of thiophene rings is 1. The minimum absolute atomic E-state index is 0.0191. The molecule has 3 nitrogen and oxygen atoms in total. The Balaban J connectivity index is 1.87. The minimum Gasteiger partial charge on any atom is -0.349 e. The number of aryl methyl sites for hydroxylation is 1. The molecule has 1 aromatic carbocycles. The van der Waals surface area contributed by atoms with E-state index in [0.717, 1.165) is 12.0 Å². The second-order valence-electron chi connectivity index (χ2n) is 5.47.